The van der Waals surface area contributed by atoms with E-state index in [0.717, 1.165) is 24.2 Å². The van der Waals surface area contributed by atoms with Crippen LogP contribution >= 0.6 is 11.6 Å². The number of hydrogen-bond acceptors (Lipinski definition) is 3. The molecule has 0 bridgehead atoms. The molecular weight excluding hydrogens is 238 g/mol. The van der Waals surface area contributed by atoms with Crippen molar-refractivity contribution in [1.82, 2.24) is 0 Å². The minimum absolute atomic E-state index is 0.511. The average molecular weight is 256 g/mol. The first kappa shape index (κ1) is 12.7. The second-order valence-corrected chi connectivity index (χ2v) is 5.46. The SMILES string of the molecule is C[C@@H](O)c1ccc(N2CCC(C)(O)C2)c(Cl)c1. The van der Waals surface area contributed by atoms with E-state index in [9.17, 15) is 10.2 Å². The summed E-state index contributed by atoms with van der Waals surface area (Å²) in [5, 5.41) is 20.0. The zero-order chi connectivity index (χ0) is 12.6. The van der Waals surface area contributed by atoms with E-state index in [1.54, 1.807) is 13.0 Å². The fourth-order valence-electron chi connectivity index (χ4n) is 2.19. The van der Waals surface area contributed by atoms with Crippen LogP contribution in [0.1, 0.15) is 31.9 Å². The van der Waals surface area contributed by atoms with Crippen molar-refractivity contribution in [2.75, 3.05) is 18.0 Å². The molecule has 94 valence electrons. The van der Waals surface area contributed by atoms with Gasteiger partial charge in [-0.05, 0) is 38.0 Å². The number of aliphatic hydroxyl groups excluding tert-OH is 1. The van der Waals surface area contributed by atoms with Crippen molar-refractivity contribution >= 4 is 17.3 Å². The Kier molecular flexibility index (Phi) is 3.34. The predicted molar refractivity (Wildman–Crippen MR) is 69.5 cm³/mol. The maximum atomic E-state index is 9.94. The van der Waals surface area contributed by atoms with Crippen molar-refractivity contribution in [3.05, 3.63) is 28.8 Å². The van der Waals surface area contributed by atoms with Gasteiger partial charge in [-0.15, -0.1) is 0 Å². The minimum Gasteiger partial charge on any atom is -0.389 e. The predicted octanol–water partition coefficient (Wildman–Crippen LogP) is 2.35. The van der Waals surface area contributed by atoms with E-state index in [4.69, 9.17) is 11.6 Å². The van der Waals surface area contributed by atoms with Crippen LogP contribution < -0.4 is 4.90 Å². The van der Waals surface area contributed by atoms with Gasteiger partial charge in [0.15, 0.2) is 0 Å². The quantitative estimate of drug-likeness (QED) is 0.853. The summed E-state index contributed by atoms with van der Waals surface area (Å²) in [6, 6.07) is 5.57. The topological polar surface area (TPSA) is 43.7 Å². The highest BCUT2D eigenvalue weighted by molar-refractivity contribution is 6.33. The van der Waals surface area contributed by atoms with E-state index in [1.807, 2.05) is 19.1 Å². The Balaban J connectivity index is 2.23. The molecule has 0 aliphatic carbocycles. The summed E-state index contributed by atoms with van der Waals surface area (Å²) in [6.45, 7) is 4.96. The van der Waals surface area contributed by atoms with Crippen molar-refractivity contribution in [2.24, 2.45) is 0 Å². The fourth-order valence-corrected chi connectivity index (χ4v) is 2.50. The van der Waals surface area contributed by atoms with Crippen LogP contribution in [0.3, 0.4) is 0 Å². The van der Waals surface area contributed by atoms with Gasteiger partial charge in [0.2, 0.25) is 0 Å². The van der Waals surface area contributed by atoms with Gasteiger partial charge in [0.1, 0.15) is 0 Å². The summed E-state index contributed by atoms with van der Waals surface area (Å²) in [4.78, 5) is 2.08. The van der Waals surface area contributed by atoms with Crippen LogP contribution in [0.4, 0.5) is 5.69 Å². The van der Waals surface area contributed by atoms with Gasteiger partial charge in [0.25, 0.3) is 0 Å². The first-order valence-corrected chi connectivity index (χ1v) is 6.22. The molecule has 1 aliphatic rings. The number of hydrogen-bond donors (Lipinski definition) is 2. The molecule has 2 N–H and O–H groups in total. The van der Waals surface area contributed by atoms with E-state index in [-0.39, 0.29) is 0 Å². The Morgan fingerprint density at radius 1 is 1.47 bits per heavy atom. The molecule has 1 aromatic rings. The van der Waals surface area contributed by atoms with Crippen molar-refractivity contribution in [3.8, 4) is 0 Å². The minimum atomic E-state index is -0.633. The smallest absolute Gasteiger partial charge is 0.0810 e. The van der Waals surface area contributed by atoms with E-state index >= 15 is 0 Å². The lowest BCUT2D eigenvalue weighted by molar-refractivity contribution is 0.0839. The molecule has 2 atom stereocenters. The third kappa shape index (κ3) is 2.73. The number of benzene rings is 1. The Morgan fingerprint density at radius 3 is 2.65 bits per heavy atom. The lowest BCUT2D eigenvalue weighted by Gasteiger charge is -2.22. The first-order valence-electron chi connectivity index (χ1n) is 5.84. The molecular formula is C13H18ClNO2. The van der Waals surface area contributed by atoms with Crippen molar-refractivity contribution in [1.29, 1.82) is 0 Å². The number of aliphatic hydroxyl groups is 2. The summed E-state index contributed by atoms with van der Waals surface area (Å²) >= 11 is 6.21. The molecule has 1 fully saturated rings. The van der Waals surface area contributed by atoms with Crippen LogP contribution in [-0.2, 0) is 0 Å². The molecule has 0 spiro atoms. The van der Waals surface area contributed by atoms with Gasteiger partial charge in [0, 0.05) is 13.1 Å². The van der Waals surface area contributed by atoms with E-state index in [0.29, 0.717) is 11.6 Å². The Labute approximate surface area is 107 Å². The number of halogens is 1. The highest BCUT2D eigenvalue weighted by Gasteiger charge is 2.32. The van der Waals surface area contributed by atoms with E-state index in [1.165, 1.54) is 0 Å². The standard InChI is InChI=1S/C13H18ClNO2/c1-9(16)10-3-4-12(11(14)7-10)15-6-5-13(2,17)8-15/h3-4,7,9,16-17H,5-6,8H2,1-2H3/t9-,13?/m1/s1. The average Bonchev–Trinajstić information content (AvgIpc) is 2.58. The van der Waals surface area contributed by atoms with Crippen molar-refractivity contribution in [2.45, 2.75) is 32.0 Å². The van der Waals surface area contributed by atoms with Gasteiger partial charge in [-0.3, -0.25) is 0 Å². The largest absolute Gasteiger partial charge is 0.389 e. The molecule has 0 aromatic heterocycles. The zero-order valence-electron chi connectivity index (χ0n) is 10.2. The maximum Gasteiger partial charge on any atom is 0.0810 e. The van der Waals surface area contributed by atoms with Gasteiger partial charge in [-0.25, -0.2) is 0 Å². The summed E-state index contributed by atoms with van der Waals surface area (Å²) in [6.07, 6.45) is 0.241. The summed E-state index contributed by atoms with van der Waals surface area (Å²) < 4.78 is 0. The van der Waals surface area contributed by atoms with Crippen molar-refractivity contribution in [3.63, 3.8) is 0 Å². The fraction of sp³-hybridized carbons (Fsp3) is 0.538. The third-order valence-electron chi connectivity index (χ3n) is 3.25. The monoisotopic (exact) mass is 255 g/mol. The Bertz CT molecular complexity index is 418. The Morgan fingerprint density at radius 2 is 2.18 bits per heavy atom. The zero-order valence-corrected chi connectivity index (χ0v) is 10.9. The van der Waals surface area contributed by atoms with Crippen LogP contribution in [0.2, 0.25) is 5.02 Å². The molecule has 0 saturated carbocycles. The Hall–Kier alpha value is -0.770. The maximum absolute atomic E-state index is 9.94. The molecule has 2 rings (SSSR count). The number of rotatable bonds is 2. The van der Waals surface area contributed by atoms with Gasteiger partial charge < -0.3 is 15.1 Å². The summed E-state index contributed by atoms with van der Waals surface area (Å²) in [5.74, 6) is 0. The third-order valence-corrected chi connectivity index (χ3v) is 3.55. The molecule has 3 nitrogen and oxygen atoms in total. The van der Waals surface area contributed by atoms with Crippen LogP contribution in [0, 0.1) is 0 Å². The highest BCUT2D eigenvalue weighted by Crippen LogP contribution is 2.33. The summed E-state index contributed by atoms with van der Waals surface area (Å²) in [7, 11) is 0. The van der Waals surface area contributed by atoms with Gasteiger partial charge in [-0.2, -0.15) is 0 Å². The molecule has 1 aromatic carbocycles. The van der Waals surface area contributed by atoms with Gasteiger partial charge in [0.05, 0.1) is 22.4 Å². The lowest BCUT2D eigenvalue weighted by atomic mass is 10.1. The molecule has 1 saturated heterocycles. The molecule has 17 heavy (non-hydrogen) atoms. The van der Waals surface area contributed by atoms with E-state index < -0.39 is 11.7 Å². The van der Waals surface area contributed by atoms with Crippen molar-refractivity contribution < 1.29 is 10.2 Å². The molecule has 0 amide bonds. The van der Waals surface area contributed by atoms with Crippen LogP contribution in [0.15, 0.2) is 18.2 Å². The number of anilines is 1. The number of β-amino-alcohol motifs (C(OH)–C–C–N with tert-alkyl or cyclic N) is 1. The van der Waals surface area contributed by atoms with Crippen LogP contribution in [-0.4, -0.2) is 28.9 Å². The lowest BCUT2D eigenvalue weighted by Crippen LogP contribution is -2.29. The van der Waals surface area contributed by atoms with Crippen LogP contribution in [0.5, 0.6) is 0 Å². The summed E-state index contributed by atoms with van der Waals surface area (Å²) in [5.41, 5.74) is 1.10. The van der Waals surface area contributed by atoms with Crippen LogP contribution in [0.25, 0.3) is 0 Å². The second kappa shape index (κ2) is 4.48. The van der Waals surface area contributed by atoms with E-state index in [2.05, 4.69) is 4.90 Å². The molecule has 1 heterocycles. The molecule has 0 radical (unpaired) electrons. The molecule has 1 unspecified atom stereocenters. The normalized spacial score (nSPS) is 26.3. The second-order valence-electron chi connectivity index (χ2n) is 5.06. The number of nitrogens with zero attached hydrogens (tertiary/aromatic N) is 1. The highest BCUT2D eigenvalue weighted by atomic mass is 35.5. The molecule has 1 aliphatic heterocycles. The first-order chi connectivity index (χ1) is 7.89. The molecule has 4 heteroatoms. The van der Waals surface area contributed by atoms with Gasteiger partial charge in [-0.1, -0.05) is 17.7 Å². The van der Waals surface area contributed by atoms with Gasteiger partial charge >= 0.3 is 0 Å².